The van der Waals surface area contributed by atoms with Crippen LogP contribution >= 0.6 is 11.6 Å². The van der Waals surface area contributed by atoms with Crippen LogP contribution in [-0.2, 0) is 23.4 Å². The van der Waals surface area contributed by atoms with Gasteiger partial charge in [0.2, 0.25) is 5.76 Å². The topological polar surface area (TPSA) is 70.8 Å². The van der Waals surface area contributed by atoms with Crippen LogP contribution < -0.4 is 10.3 Å². The summed E-state index contributed by atoms with van der Waals surface area (Å²) in [7, 11) is 0. The third kappa shape index (κ3) is 3.66. The van der Waals surface area contributed by atoms with Gasteiger partial charge in [-0.05, 0) is 54.4 Å². The zero-order valence-electron chi connectivity index (χ0n) is 21.9. The van der Waals surface area contributed by atoms with E-state index in [0.29, 0.717) is 21.8 Å². The molecular weight excluding hydrogens is 543 g/mol. The number of halogens is 2. The summed E-state index contributed by atoms with van der Waals surface area (Å²) in [5.74, 6) is -1.57. The smallest absolute Gasteiger partial charge is 0.291 e. The molecule has 4 aromatic carbocycles. The number of hydrogen-bond acceptors (Lipinski definition) is 4. The maximum absolute atomic E-state index is 14.8. The summed E-state index contributed by atoms with van der Waals surface area (Å²) in [6.07, 6.45) is 0. The summed E-state index contributed by atoms with van der Waals surface area (Å²) >= 11 is 6.24. The molecule has 1 spiro atoms. The molecule has 1 unspecified atom stereocenters. The average molecular weight is 565 g/mol. The molecule has 5 aromatic rings. The van der Waals surface area contributed by atoms with E-state index in [-0.39, 0.29) is 41.2 Å². The van der Waals surface area contributed by atoms with Crippen LogP contribution in [0.4, 0.5) is 10.1 Å². The van der Waals surface area contributed by atoms with Crippen LogP contribution in [0.3, 0.4) is 0 Å². The van der Waals surface area contributed by atoms with Gasteiger partial charge < -0.3 is 14.2 Å². The van der Waals surface area contributed by atoms with Crippen molar-refractivity contribution < 1.29 is 18.4 Å². The highest BCUT2D eigenvalue weighted by molar-refractivity contribution is 6.31. The van der Waals surface area contributed by atoms with Crippen LogP contribution in [0.1, 0.15) is 38.4 Å². The van der Waals surface area contributed by atoms with Crippen LogP contribution in [0.2, 0.25) is 5.02 Å². The van der Waals surface area contributed by atoms with Crippen molar-refractivity contribution >= 4 is 40.1 Å². The molecule has 0 radical (unpaired) electrons. The predicted octanol–water partition coefficient (Wildman–Crippen LogP) is 6.34. The Morgan fingerprint density at radius 3 is 2.29 bits per heavy atom. The largest absolute Gasteiger partial charge is 0.450 e. The summed E-state index contributed by atoms with van der Waals surface area (Å²) in [4.78, 5) is 46.3. The molecule has 0 saturated heterocycles. The van der Waals surface area contributed by atoms with E-state index in [0.717, 1.165) is 11.1 Å². The highest BCUT2D eigenvalue weighted by atomic mass is 35.5. The molecular formula is C33H22ClFN2O4. The predicted molar refractivity (Wildman–Crippen MR) is 153 cm³/mol. The number of hydrogen-bond donors (Lipinski definition) is 0. The van der Waals surface area contributed by atoms with Gasteiger partial charge in [0.1, 0.15) is 11.4 Å². The molecule has 0 saturated carbocycles. The molecule has 8 heteroatoms. The van der Waals surface area contributed by atoms with Crippen molar-refractivity contribution in [3.8, 4) is 0 Å². The molecule has 0 aliphatic carbocycles. The van der Waals surface area contributed by atoms with Crippen molar-refractivity contribution in [3.05, 3.63) is 146 Å². The van der Waals surface area contributed by atoms with Crippen LogP contribution in [-0.4, -0.2) is 16.7 Å². The minimum atomic E-state index is -1.77. The standard InChI is InChI=1S/C33H22ClFN2O4/c1-19-6-8-21(9-7-19)18-37-31(39)30-28(29(38)24-16-22(34)12-15-27(24)41-30)33(37)25-4-2-3-5-26(25)36(32(33)40)17-20-10-13-23(35)14-11-20/h2-16H,17-18H2,1H3. The summed E-state index contributed by atoms with van der Waals surface area (Å²) in [5.41, 5.74) is 1.51. The second-order valence-corrected chi connectivity index (χ2v) is 10.8. The van der Waals surface area contributed by atoms with Crippen molar-refractivity contribution in [1.82, 2.24) is 4.90 Å². The minimum absolute atomic E-state index is 0.0246. The van der Waals surface area contributed by atoms with Gasteiger partial charge in [-0.1, -0.05) is 71.8 Å². The third-order valence-corrected chi connectivity index (χ3v) is 8.15. The van der Waals surface area contributed by atoms with Crippen molar-refractivity contribution in [1.29, 1.82) is 0 Å². The van der Waals surface area contributed by atoms with E-state index in [9.17, 15) is 18.8 Å². The highest BCUT2D eigenvalue weighted by Gasteiger charge is 2.65. The van der Waals surface area contributed by atoms with Crippen LogP contribution in [0.5, 0.6) is 0 Å². The molecule has 0 bridgehead atoms. The SMILES string of the molecule is Cc1ccc(CN2C(=O)c3oc4ccc(Cl)cc4c(=O)c3C23C(=O)N(Cc2ccc(F)cc2)c2ccccc23)cc1. The zero-order valence-corrected chi connectivity index (χ0v) is 22.6. The fraction of sp³-hybridized carbons (Fsp3) is 0.121. The van der Waals surface area contributed by atoms with Gasteiger partial charge in [-0.2, -0.15) is 0 Å². The number of para-hydroxylation sites is 1. The van der Waals surface area contributed by atoms with Gasteiger partial charge in [0, 0.05) is 17.1 Å². The first-order valence-electron chi connectivity index (χ1n) is 13.1. The molecule has 41 heavy (non-hydrogen) atoms. The quantitative estimate of drug-likeness (QED) is 0.255. The second-order valence-electron chi connectivity index (χ2n) is 10.4. The van der Waals surface area contributed by atoms with E-state index < -0.39 is 22.8 Å². The van der Waals surface area contributed by atoms with E-state index >= 15 is 0 Å². The van der Waals surface area contributed by atoms with Crippen molar-refractivity contribution in [2.75, 3.05) is 4.90 Å². The number of amides is 2. The first kappa shape index (κ1) is 25.2. The number of carbonyl (C=O) groups is 2. The zero-order chi connectivity index (χ0) is 28.5. The summed E-state index contributed by atoms with van der Waals surface area (Å²) in [6, 6.07) is 25.3. The molecule has 1 aromatic heterocycles. The van der Waals surface area contributed by atoms with E-state index in [2.05, 4.69) is 0 Å². The normalized spacial score (nSPS) is 17.5. The minimum Gasteiger partial charge on any atom is -0.450 e. The lowest BCUT2D eigenvalue weighted by Gasteiger charge is -2.34. The Morgan fingerprint density at radius 2 is 1.54 bits per heavy atom. The first-order valence-corrected chi connectivity index (χ1v) is 13.5. The van der Waals surface area contributed by atoms with Gasteiger partial charge in [-0.3, -0.25) is 14.4 Å². The Balaban J connectivity index is 1.50. The average Bonchev–Trinajstić information content (AvgIpc) is 3.36. The maximum Gasteiger partial charge on any atom is 0.291 e. The summed E-state index contributed by atoms with van der Waals surface area (Å²) < 4.78 is 19.8. The second kappa shape index (κ2) is 9.14. The highest BCUT2D eigenvalue weighted by Crippen LogP contribution is 2.53. The monoisotopic (exact) mass is 564 g/mol. The number of aryl methyl sites for hydroxylation is 1. The number of carbonyl (C=O) groups excluding carboxylic acids is 2. The van der Waals surface area contributed by atoms with Crippen LogP contribution in [0, 0.1) is 12.7 Å². The van der Waals surface area contributed by atoms with Gasteiger partial charge in [0.05, 0.1) is 23.2 Å². The lowest BCUT2D eigenvalue weighted by atomic mass is 9.83. The number of nitrogens with zero attached hydrogens (tertiary/aromatic N) is 2. The van der Waals surface area contributed by atoms with Crippen LogP contribution in [0.15, 0.2) is 100 Å². The number of fused-ring (bicyclic) bond motifs is 5. The van der Waals surface area contributed by atoms with Crippen molar-refractivity contribution in [2.45, 2.75) is 25.6 Å². The number of anilines is 1. The fourth-order valence-electron chi connectivity index (χ4n) is 5.99. The molecule has 7 rings (SSSR count). The molecule has 2 aliphatic heterocycles. The summed E-state index contributed by atoms with van der Waals surface area (Å²) in [5, 5.41) is 0.513. The summed E-state index contributed by atoms with van der Waals surface area (Å²) in [6.45, 7) is 2.14. The Morgan fingerprint density at radius 1 is 0.854 bits per heavy atom. The molecule has 202 valence electrons. The van der Waals surface area contributed by atoms with Gasteiger partial charge in [-0.15, -0.1) is 0 Å². The lowest BCUT2D eigenvalue weighted by Crippen LogP contribution is -2.52. The van der Waals surface area contributed by atoms with Crippen molar-refractivity contribution in [3.63, 3.8) is 0 Å². The number of benzene rings is 4. The van der Waals surface area contributed by atoms with E-state index in [1.165, 1.54) is 23.1 Å². The Labute approximate surface area is 239 Å². The molecule has 0 fully saturated rings. The third-order valence-electron chi connectivity index (χ3n) is 7.91. The molecule has 2 amide bonds. The van der Waals surface area contributed by atoms with Gasteiger partial charge >= 0.3 is 0 Å². The number of rotatable bonds is 4. The van der Waals surface area contributed by atoms with Crippen LogP contribution in [0.25, 0.3) is 11.0 Å². The molecule has 2 aliphatic rings. The maximum atomic E-state index is 14.8. The Hall–Kier alpha value is -4.75. The molecule has 3 heterocycles. The molecule has 1 atom stereocenters. The Bertz CT molecular complexity index is 1950. The van der Waals surface area contributed by atoms with E-state index in [1.807, 2.05) is 31.2 Å². The van der Waals surface area contributed by atoms with Gasteiger partial charge in [0.25, 0.3) is 11.8 Å². The van der Waals surface area contributed by atoms with E-state index in [4.69, 9.17) is 16.0 Å². The Kier molecular flexibility index (Phi) is 5.63. The fourth-order valence-corrected chi connectivity index (χ4v) is 6.16. The molecule has 6 nitrogen and oxygen atoms in total. The first-order chi connectivity index (χ1) is 19.8. The van der Waals surface area contributed by atoms with Crippen molar-refractivity contribution in [2.24, 2.45) is 0 Å². The molecule has 0 N–H and O–H groups in total. The van der Waals surface area contributed by atoms with Gasteiger partial charge in [-0.25, -0.2) is 4.39 Å². The lowest BCUT2D eigenvalue weighted by molar-refractivity contribution is -0.126. The van der Waals surface area contributed by atoms with Gasteiger partial charge in [0.15, 0.2) is 11.0 Å². The van der Waals surface area contributed by atoms with E-state index in [1.54, 1.807) is 53.4 Å².